The van der Waals surface area contributed by atoms with Gasteiger partial charge in [-0.1, -0.05) is 150 Å². The second kappa shape index (κ2) is 17.2. The second-order valence-corrected chi connectivity index (χ2v) is 13.9. The van der Waals surface area contributed by atoms with Gasteiger partial charge < -0.3 is 16.0 Å². The molecule has 0 bridgehead atoms. The molecule has 3 aromatic carbocycles. The summed E-state index contributed by atoms with van der Waals surface area (Å²) in [6, 6.07) is 19.2. The van der Waals surface area contributed by atoms with Gasteiger partial charge in [0.2, 0.25) is 0 Å². The third kappa shape index (κ3) is 20.5. The predicted octanol–water partition coefficient (Wildman–Crippen LogP) is 12.3. The molecule has 5 heteroatoms. The molecule has 0 N–H and O–H groups in total. The van der Waals surface area contributed by atoms with E-state index in [0.717, 1.165) is 17.1 Å². The number of rotatable bonds is 3. The molecule has 0 saturated carbocycles. The summed E-state index contributed by atoms with van der Waals surface area (Å²) in [6.07, 6.45) is 0. The summed E-state index contributed by atoms with van der Waals surface area (Å²) in [4.78, 5) is 0. The molecule has 0 aromatic heterocycles. The quantitative estimate of drug-likeness (QED) is 0.264. The van der Waals surface area contributed by atoms with Crippen LogP contribution in [0.1, 0.15) is 95.7 Å². The first kappa shape index (κ1) is 39.0. The van der Waals surface area contributed by atoms with E-state index in [1.807, 2.05) is 15.5 Å². The molecule has 0 spiro atoms. The Morgan fingerprint density at radius 1 is 0.366 bits per heavy atom. The second-order valence-electron chi connectivity index (χ2n) is 13.9. The summed E-state index contributed by atoms with van der Waals surface area (Å²) in [5.74, 6) is 0. The number of hydrogen-bond donors (Lipinski definition) is 0. The van der Waals surface area contributed by atoms with Crippen LogP contribution in [-0.4, -0.2) is 16.6 Å². The monoisotopic (exact) mass is 611 g/mol. The Balaban J connectivity index is 0.000000567. The normalized spacial score (nSPS) is 11.0. The van der Waals surface area contributed by atoms with Gasteiger partial charge in [0.15, 0.2) is 0 Å². The maximum atomic E-state index is 4.61. The molecule has 0 amide bonds. The third-order valence-electron chi connectivity index (χ3n) is 5.01. The van der Waals surface area contributed by atoms with Crippen LogP contribution in [0.5, 0.6) is 0 Å². The number of nitrogens with zero attached hydrogens (tertiary/aromatic N) is 3. The van der Waals surface area contributed by atoms with Crippen LogP contribution in [0, 0.1) is 41.5 Å². The summed E-state index contributed by atoms with van der Waals surface area (Å²) < 4.78 is 0. The van der Waals surface area contributed by atoms with Crippen LogP contribution in [-0.2, 0) is 25.5 Å². The average Bonchev–Trinajstić information content (AvgIpc) is 2.70. The molecular weight excluding hydrogens is 557 g/mol. The van der Waals surface area contributed by atoms with E-state index in [1.54, 1.807) is 0 Å². The van der Waals surface area contributed by atoms with Gasteiger partial charge in [-0.2, -0.15) is 0 Å². The zero-order valence-electron chi connectivity index (χ0n) is 28.4. The van der Waals surface area contributed by atoms with Gasteiger partial charge in [0, 0.05) is 0 Å². The first-order valence-electron chi connectivity index (χ1n) is 14.2. The van der Waals surface area contributed by atoms with Crippen LogP contribution >= 0.6 is 0 Å². The van der Waals surface area contributed by atoms with Gasteiger partial charge in [-0.15, -0.1) is 33.7 Å². The molecule has 3 rings (SSSR count). The van der Waals surface area contributed by atoms with Crippen LogP contribution < -0.4 is 0 Å². The first-order valence-corrected chi connectivity index (χ1v) is 16.3. The molecule has 3 nitrogen and oxygen atoms in total. The molecule has 0 aliphatic heterocycles. The first-order chi connectivity index (χ1) is 18.6. The average molecular weight is 612 g/mol. The molecule has 41 heavy (non-hydrogen) atoms. The van der Waals surface area contributed by atoms with Gasteiger partial charge in [0.25, 0.3) is 0 Å². The minimum absolute atomic E-state index is 0.0141. The van der Waals surface area contributed by atoms with Gasteiger partial charge in [-0.25, -0.2) is 0 Å². The molecular formula is C36H54N3SV-2. The number of aryl methyl sites for hydroxylation is 6. The fourth-order valence-corrected chi connectivity index (χ4v) is 4.21. The SMILES string of the molecule is Cc1cc(C)cc([N-]C(C)(C)C)c1.Cc1cc(C)cc([N-]C(C)(C)C)c1.Cc1cc(C)cc([N-]C(C)(C)C)c1.[S+]#[V]. The van der Waals surface area contributed by atoms with E-state index >= 15 is 0 Å². The van der Waals surface area contributed by atoms with E-state index in [2.05, 4.69) is 184 Å². The van der Waals surface area contributed by atoms with Crippen molar-refractivity contribution >= 4 is 27.1 Å². The maximum absolute atomic E-state index is 4.61. The van der Waals surface area contributed by atoms with Crippen molar-refractivity contribution in [3.63, 3.8) is 0 Å². The van der Waals surface area contributed by atoms with Crippen LogP contribution in [0.25, 0.3) is 16.0 Å². The van der Waals surface area contributed by atoms with Gasteiger partial charge in [-0.05, 0) is 41.5 Å². The van der Waals surface area contributed by atoms with Gasteiger partial charge in [0.05, 0.1) is 0 Å². The number of benzene rings is 3. The Hall–Kier alpha value is -2.01. The fraction of sp³-hybridized carbons (Fsp3) is 0.500. The molecule has 0 atom stereocenters. The molecule has 0 unspecified atom stereocenters. The van der Waals surface area contributed by atoms with Crippen molar-refractivity contribution in [3.8, 4) is 0 Å². The Morgan fingerprint density at radius 2 is 0.512 bits per heavy atom. The van der Waals surface area contributed by atoms with Gasteiger partial charge >= 0.3 is 25.5 Å². The van der Waals surface area contributed by atoms with Crippen molar-refractivity contribution < 1.29 is 15.5 Å². The van der Waals surface area contributed by atoms with E-state index in [4.69, 9.17) is 0 Å². The zero-order valence-corrected chi connectivity index (χ0v) is 30.6. The minimum atomic E-state index is 0.0141. The number of hydrogen-bond acceptors (Lipinski definition) is 0. The summed E-state index contributed by atoms with van der Waals surface area (Å²) in [5, 5.41) is 13.8. The standard InChI is InChI=1S/3C12H18N.S.V/c3*1-9-6-10(2)8-11(7-9)13-12(3,4)5;;/h3*6-8H,1-5H3;;/q3*-1;+1;. The van der Waals surface area contributed by atoms with Crippen LogP contribution in [0.2, 0.25) is 0 Å². The van der Waals surface area contributed by atoms with E-state index in [-0.39, 0.29) is 16.6 Å². The summed E-state index contributed by atoms with van der Waals surface area (Å²) in [5.41, 5.74) is 11.0. The van der Waals surface area contributed by atoms with Crippen LogP contribution in [0.3, 0.4) is 0 Å². The zero-order chi connectivity index (χ0) is 32.2. The summed E-state index contributed by atoms with van der Waals surface area (Å²) in [7, 11) is 4.02. The van der Waals surface area contributed by atoms with E-state index in [9.17, 15) is 0 Å². The molecule has 0 aliphatic carbocycles. The Kier molecular flexibility index (Phi) is 16.4. The van der Waals surface area contributed by atoms with Crippen molar-refractivity contribution in [2.75, 3.05) is 0 Å². The Bertz CT molecular complexity index is 1030. The molecule has 0 fully saturated rings. The van der Waals surface area contributed by atoms with Crippen molar-refractivity contribution in [2.24, 2.45) is 0 Å². The topological polar surface area (TPSA) is 42.3 Å². The van der Waals surface area contributed by atoms with Crippen LogP contribution in [0.15, 0.2) is 54.6 Å². The van der Waals surface area contributed by atoms with E-state index in [1.165, 1.54) is 33.4 Å². The molecule has 0 heterocycles. The van der Waals surface area contributed by atoms with Crippen LogP contribution in [0.4, 0.5) is 17.1 Å². The fourth-order valence-electron chi connectivity index (χ4n) is 4.21. The predicted molar refractivity (Wildman–Crippen MR) is 183 cm³/mol. The summed E-state index contributed by atoms with van der Waals surface area (Å²) in [6.45, 7) is 31.7. The Labute approximate surface area is 265 Å². The summed E-state index contributed by atoms with van der Waals surface area (Å²) >= 11 is 1.90. The van der Waals surface area contributed by atoms with Gasteiger partial charge in [-0.3, -0.25) is 0 Å². The van der Waals surface area contributed by atoms with Crippen molar-refractivity contribution in [1.29, 1.82) is 0 Å². The Morgan fingerprint density at radius 3 is 0.634 bits per heavy atom. The third-order valence-corrected chi connectivity index (χ3v) is 5.01. The van der Waals surface area contributed by atoms with Crippen molar-refractivity contribution in [1.82, 2.24) is 0 Å². The molecule has 0 saturated heterocycles. The van der Waals surface area contributed by atoms with E-state index in [0.29, 0.717) is 0 Å². The molecule has 0 aliphatic rings. The van der Waals surface area contributed by atoms with E-state index < -0.39 is 0 Å². The van der Waals surface area contributed by atoms with Crippen molar-refractivity contribution in [3.05, 3.63) is 104 Å². The van der Waals surface area contributed by atoms with Gasteiger partial charge in [0.1, 0.15) is 0 Å². The molecule has 3 aromatic rings. The molecule has 0 radical (unpaired) electrons. The molecule has 226 valence electrons. The van der Waals surface area contributed by atoms with Crippen molar-refractivity contribution in [2.45, 2.75) is 120 Å².